The second-order valence-corrected chi connectivity index (χ2v) is 6.28. The molecule has 6 nitrogen and oxygen atoms in total. The number of nitrogens with one attached hydrogen (secondary N) is 1. The summed E-state index contributed by atoms with van der Waals surface area (Å²) in [6, 6.07) is 3.31. The van der Waals surface area contributed by atoms with Gasteiger partial charge < -0.3 is 15.0 Å². The van der Waals surface area contributed by atoms with Gasteiger partial charge in [-0.1, -0.05) is 13.8 Å². The molecule has 2 atom stereocenters. The van der Waals surface area contributed by atoms with Crippen molar-refractivity contribution in [2.45, 2.75) is 45.9 Å². The third-order valence-electron chi connectivity index (χ3n) is 3.91. The standard InChI is InChI=1S/C17H25N3O3/c1-12(2)10-15-16(21)19-8-9-20(15)17(22)13(3)23-11-14-4-6-18-7-5-14/h4-7,12-13,15H,8-11H2,1-3H3,(H,19,21). The normalized spacial score (nSPS) is 19.6. The summed E-state index contributed by atoms with van der Waals surface area (Å²) in [6.45, 7) is 7.22. The van der Waals surface area contributed by atoms with Gasteiger partial charge in [0, 0.05) is 25.5 Å². The molecule has 0 spiro atoms. The molecule has 0 radical (unpaired) electrons. The lowest BCUT2D eigenvalue weighted by atomic mass is 9.99. The van der Waals surface area contributed by atoms with Crippen molar-refractivity contribution in [3.05, 3.63) is 30.1 Å². The van der Waals surface area contributed by atoms with Crippen molar-refractivity contribution >= 4 is 11.8 Å². The minimum Gasteiger partial charge on any atom is -0.364 e. The van der Waals surface area contributed by atoms with Crippen LogP contribution in [0.5, 0.6) is 0 Å². The van der Waals surface area contributed by atoms with E-state index in [-0.39, 0.29) is 11.8 Å². The molecule has 1 fully saturated rings. The number of aromatic nitrogens is 1. The summed E-state index contributed by atoms with van der Waals surface area (Å²) >= 11 is 0. The van der Waals surface area contributed by atoms with Crippen molar-refractivity contribution in [1.29, 1.82) is 0 Å². The monoisotopic (exact) mass is 319 g/mol. The summed E-state index contributed by atoms with van der Waals surface area (Å²) in [7, 11) is 0. The molecule has 1 N–H and O–H groups in total. The zero-order valence-corrected chi connectivity index (χ0v) is 14.0. The van der Waals surface area contributed by atoms with Crippen LogP contribution >= 0.6 is 0 Å². The Bertz CT molecular complexity index is 533. The molecule has 1 saturated heterocycles. The maximum absolute atomic E-state index is 12.7. The van der Waals surface area contributed by atoms with E-state index in [1.165, 1.54) is 0 Å². The van der Waals surface area contributed by atoms with Crippen LogP contribution in [-0.4, -0.2) is 46.9 Å². The fraction of sp³-hybridized carbons (Fsp3) is 0.588. The molecule has 2 rings (SSSR count). The molecule has 2 heterocycles. The Morgan fingerprint density at radius 1 is 1.39 bits per heavy atom. The van der Waals surface area contributed by atoms with E-state index in [1.54, 1.807) is 24.2 Å². The first-order valence-electron chi connectivity index (χ1n) is 8.07. The molecular weight excluding hydrogens is 294 g/mol. The molecule has 0 aliphatic carbocycles. The number of amides is 2. The quantitative estimate of drug-likeness (QED) is 0.859. The maximum Gasteiger partial charge on any atom is 0.252 e. The Morgan fingerprint density at radius 2 is 2.09 bits per heavy atom. The highest BCUT2D eigenvalue weighted by molar-refractivity contribution is 5.90. The summed E-state index contributed by atoms with van der Waals surface area (Å²) in [5.41, 5.74) is 0.967. The van der Waals surface area contributed by atoms with Crippen LogP contribution in [0.2, 0.25) is 0 Å². The average molecular weight is 319 g/mol. The Kier molecular flexibility index (Phi) is 6.10. The number of piperazine rings is 1. The molecule has 2 amide bonds. The van der Waals surface area contributed by atoms with Crippen LogP contribution in [-0.2, 0) is 20.9 Å². The van der Waals surface area contributed by atoms with E-state index in [0.29, 0.717) is 32.0 Å². The van der Waals surface area contributed by atoms with Crippen LogP contribution < -0.4 is 5.32 Å². The minimum absolute atomic E-state index is 0.0698. The van der Waals surface area contributed by atoms with Gasteiger partial charge in [0.15, 0.2) is 0 Å². The number of nitrogens with zero attached hydrogens (tertiary/aromatic N) is 2. The molecule has 1 aromatic rings. The largest absolute Gasteiger partial charge is 0.364 e. The lowest BCUT2D eigenvalue weighted by Gasteiger charge is -2.37. The molecule has 1 aliphatic rings. The van der Waals surface area contributed by atoms with E-state index in [0.717, 1.165) is 5.56 Å². The molecule has 2 unspecified atom stereocenters. The van der Waals surface area contributed by atoms with E-state index in [1.807, 2.05) is 26.0 Å². The van der Waals surface area contributed by atoms with Gasteiger partial charge in [-0.2, -0.15) is 0 Å². The predicted octanol–water partition coefficient (Wildman–Crippen LogP) is 1.36. The summed E-state index contributed by atoms with van der Waals surface area (Å²) in [4.78, 5) is 30.4. The van der Waals surface area contributed by atoms with E-state index >= 15 is 0 Å². The predicted molar refractivity (Wildman–Crippen MR) is 86.5 cm³/mol. The van der Waals surface area contributed by atoms with E-state index in [4.69, 9.17) is 4.74 Å². The molecular formula is C17H25N3O3. The van der Waals surface area contributed by atoms with E-state index in [2.05, 4.69) is 10.3 Å². The van der Waals surface area contributed by atoms with Crippen LogP contribution in [0.25, 0.3) is 0 Å². The molecule has 6 heteroatoms. The van der Waals surface area contributed by atoms with Crippen LogP contribution in [0.3, 0.4) is 0 Å². The summed E-state index contributed by atoms with van der Waals surface area (Å²) in [5, 5.41) is 2.84. The van der Waals surface area contributed by atoms with Gasteiger partial charge in [0.25, 0.3) is 5.91 Å². The van der Waals surface area contributed by atoms with E-state index in [9.17, 15) is 9.59 Å². The number of ether oxygens (including phenoxy) is 1. The van der Waals surface area contributed by atoms with Crippen molar-refractivity contribution in [1.82, 2.24) is 15.2 Å². The maximum atomic E-state index is 12.7. The topological polar surface area (TPSA) is 71.5 Å². The number of pyridine rings is 1. The highest BCUT2D eigenvalue weighted by Crippen LogP contribution is 2.17. The molecule has 126 valence electrons. The van der Waals surface area contributed by atoms with Gasteiger partial charge >= 0.3 is 0 Å². The highest BCUT2D eigenvalue weighted by Gasteiger charge is 2.35. The van der Waals surface area contributed by atoms with Gasteiger partial charge in [0.1, 0.15) is 12.1 Å². The molecule has 0 bridgehead atoms. The van der Waals surface area contributed by atoms with Gasteiger partial charge in [-0.15, -0.1) is 0 Å². The summed E-state index contributed by atoms with van der Waals surface area (Å²) < 4.78 is 5.68. The third kappa shape index (κ3) is 4.76. The first-order valence-corrected chi connectivity index (χ1v) is 8.07. The number of hydrogen-bond donors (Lipinski definition) is 1. The fourth-order valence-corrected chi connectivity index (χ4v) is 2.66. The molecule has 0 aromatic carbocycles. The van der Waals surface area contributed by atoms with Gasteiger partial charge in [0.05, 0.1) is 6.61 Å². The van der Waals surface area contributed by atoms with Gasteiger partial charge in [-0.05, 0) is 37.0 Å². The molecule has 23 heavy (non-hydrogen) atoms. The first-order chi connectivity index (χ1) is 11.0. The van der Waals surface area contributed by atoms with E-state index < -0.39 is 12.1 Å². The number of hydrogen-bond acceptors (Lipinski definition) is 4. The zero-order valence-electron chi connectivity index (χ0n) is 14.0. The minimum atomic E-state index is -0.580. The lowest BCUT2D eigenvalue weighted by Crippen LogP contribution is -2.59. The third-order valence-corrected chi connectivity index (χ3v) is 3.91. The van der Waals surface area contributed by atoms with Crippen molar-refractivity contribution in [3.8, 4) is 0 Å². The van der Waals surface area contributed by atoms with Crippen molar-refractivity contribution in [2.75, 3.05) is 13.1 Å². The fourth-order valence-electron chi connectivity index (χ4n) is 2.66. The van der Waals surface area contributed by atoms with Crippen LogP contribution in [0, 0.1) is 5.92 Å². The number of carbonyl (C=O) groups is 2. The smallest absolute Gasteiger partial charge is 0.252 e. The van der Waals surface area contributed by atoms with Crippen molar-refractivity contribution in [3.63, 3.8) is 0 Å². The van der Waals surface area contributed by atoms with Gasteiger partial charge in [-0.3, -0.25) is 14.6 Å². The number of carbonyl (C=O) groups excluding carboxylic acids is 2. The number of rotatable bonds is 6. The van der Waals surface area contributed by atoms with Crippen LogP contribution in [0.4, 0.5) is 0 Å². The Labute approximate surface area is 137 Å². The second-order valence-electron chi connectivity index (χ2n) is 6.28. The van der Waals surface area contributed by atoms with Gasteiger partial charge in [-0.25, -0.2) is 0 Å². The molecule has 1 aromatic heterocycles. The summed E-state index contributed by atoms with van der Waals surface area (Å²) in [6.07, 6.45) is 3.47. The zero-order chi connectivity index (χ0) is 16.8. The molecule has 0 saturated carbocycles. The van der Waals surface area contributed by atoms with Crippen LogP contribution in [0.1, 0.15) is 32.8 Å². The Morgan fingerprint density at radius 3 is 2.74 bits per heavy atom. The summed E-state index contributed by atoms with van der Waals surface area (Å²) in [5.74, 6) is 0.145. The second kappa shape index (κ2) is 8.06. The Hall–Kier alpha value is -1.95. The highest BCUT2D eigenvalue weighted by atomic mass is 16.5. The lowest BCUT2D eigenvalue weighted by molar-refractivity contribution is -0.152. The SMILES string of the molecule is CC(C)CC1C(=O)NCCN1C(=O)C(C)OCc1ccncc1. The van der Waals surface area contributed by atoms with Crippen LogP contribution in [0.15, 0.2) is 24.5 Å². The molecule has 1 aliphatic heterocycles. The van der Waals surface area contributed by atoms with Crippen molar-refractivity contribution in [2.24, 2.45) is 5.92 Å². The van der Waals surface area contributed by atoms with Crippen molar-refractivity contribution < 1.29 is 14.3 Å². The average Bonchev–Trinajstić information content (AvgIpc) is 2.54. The van der Waals surface area contributed by atoms with Gasteiger partial charge in [0.2, 0.25) is 5.91 Å². The Balaban J connectivity index is 1.97. The first kappa shape index (κ1) is 17.4.